The quantitative estimate of drug-likeness (QED) is 0.159. The highest BCUT2D eigenvalue weighted by Gasteiger charge is 2.36. The summed E-state index contributed by atoms with van der Waals surface area (Å²) in [6.45, 7) is 4.78. The zero-order chi connectivity index (χ0) is 37.8. The smallest absolute Gasteiger partial charge is 0.0159 e. The van der Waals surface area contributed by atoms with E-state index in [1.807, 2.05) is 0 Å². The van der Waals surface area contributed by atoms with Crippen molar-refractivity contribution >= 4 is 64.6 Å². The molecule has 0 saturated heterocycles. The molecule has 12 rings (SSSR count). The van der Waals surface area contributed by atoms with Gasteiger partial charge in [-0.05, 0) is 151 Å². The molecule has 0 heterocycles. The molecule has 11 aromatic rings. The van der Waals surface area contributed by atoms with E-state index in [1.165, 1.54) is 120 Å². The van der Waals surface area contributed by atoms with E-state index in [-0.39, 0.29) is 5.41 Å². The third-order valence-electron chi connectivity index (χ3n) is 13.0. The van der Waals surface area contributed by atoms with E-state index >= 15 is 0 Å². The minimum absolute atomic E-state index is 0.125. The first-order valence-corrected chi connectivity index (χ1v) is 20.1. The fourth-order valence-corrected chi connectivity index (χ4v) is 10.1. The normalized spacial score (nSPS) is 13.2. The predicted octanol–water partition coefficient (Wildman–Crippen LogP) is 15.9. The molecule has 1 aliphatic rings. The van der Waals surface area contributed by atoms with Crippen LogP contribution in [0, 0.1) is 0 Å². The summed E-state index contributed by atoms with van der Waals surface area (Å²) in [5.41, 5.74) is 12.9. The van der Waals surface area contributed by atoms with Crippen LogP contribution in [0.15, 0.2) is 194 Å². The van der Waals surface area contributed by atoms with Gasteiger partial charge in [0.05, 0.1) is 0 Å². The van der Waals surface area contributed by atoms with Crippen LogP contribution in [0.1, 0.15) is 25.0 Å². The van der Waals surface area contributed by atoms with Gasteiger partial charge >= 0.3 is 0 Å². The lowest BCUT2D eigenvalue weighted by molar-refractivity contribution is 0.661. The van der Waals surface area contributed by atoms with Gasteiger partial charge in [0.1, 0.15) is 0 Å². The number of hydrogen-bond donors (Lipinski definition) is 0. The maximum atomic E-state index is 2.45. The van der Waals surface area contributed by atoms with E-state index in [9.17, 15) is 0 Å². The van der Waals surface area contributed by atoms with Crippen LogP contribution in [0.25, 0.3) is 109 Å². The van der Waals surface area contributed by atoms with Gasteiger partial charge in [-0.1, -0.05) is 178 Å². The molecule has 0 heteroatoms. The van der Waals surface area contributed by atoms with Crippen LogP contribution >= 0.6 is 0 Å². The first kappa shape index (κ1) is 32.2. The molecule has 0 radical (unpaired) electrons. The minimum Gasteiger partial charge on any atom is -0.0616 e. The lowest BCUT2D eigenvalue weighted by atomic mass is 9.80. The fraction of sp³-hybridized carbons (Fsp3) is 0.0526. The van der Waals surface area contributed by atoms with Gasteiger partial charge in [0.2, 0.25) is 0 Å². The van der Waals surface area contributed by atoms with Crippen molar-refractivity contribution in [1.82, 2.24) is 0 Å². The van der Waals surface area contributed by atoms with Gasteiger partial charge in [0.25, 0.3) is 0 Å². The SMILES string of the molecule is CC1(C)c2cc(-c3ccc4ccc(-c5cc6ccc7ccc8ccccc8c7c6c6ccccc56)cc4c3)ccc2-c2ccc(-c3cccc4ccccc34)cc21. The Morgan fingerprint density at radius 1 is 0.263 bits per heavy atom. The molecular weight excluding hydrogens is 685 g/mol. The molecule has 0 aliphatic heterocycles. The Morgan fingerprint density at radius 2 is 0.754 bits per heavy atom. The van der Waals surface area contributed by atoms with Crippen molar-refractivity contribution in [1.29, 1.82) is 0 Å². The van der Waals surface area contributed by atoms with E-state index in [0.29, 0.717) is 0 Å². The molecule has 0 aromatic heterocycles. The van der Waals surface area contributed by atoms with E-state index < -0.39 is 0 Å². The van der Waals surface area contributed by atoms with Gasteiger partial charge in [-0.15, -0.1) is 0 Å². The van der Waals surface area contributed by atoms with Crippen LogP contribution in [0.3, 0.4) is 0 Å². The van der Waals surface area contributed by atoms with Gasteiger partial charge in [0.15, 0.2) is 0 Å². The summed E-state index contributed by atoms with van der Waals surface area (Å²) in [4.78, 5) is 0. The van der Waals surface area contributed by atoms with Crippen molar-refractivity contribution in [2.75, 3.05) is 0 Å². The Bertz CT molecular complexity index is 3480. The molecule has 0 unspecified atom stereocenters. The Hall–Kier alpha value is -7.02. The lowest BCUT2D eigenvalue weighted by Gasteiger charge is -2.23. The molecular formula is C57H38. The zero-order valence-electron chi connectivity index (χ0n) is 32.0. The topological polar surface area (TPSA) is 0 Å². The van der Waals surface area contributed by atoms with Gasteiger partial charge in [-0.3, -0.25) is 0 Å². The second-order valence-electron chi connectivity index (χ2n) is 16.5. The van der Waals surface area contributed by atoms with Crippen molar-refractivity contribution in [3.05, 3.63) is 205 Å². The minimum atomic E-state index is -0.125. The highest BCUT2D eigenvalue weighted by Crippen LogP contribution is 2.51. The number of rotatable bonds is 3. The van der Waals surface area contributed by atoms with Crippen molar-refractivity contribution in [2.24, 2.45) is 0 Å². The summed E-state index contributed by atoms with van der Waals surface area (Å²) < 4.78 is 0. The molecule has 1 aliphatic carbocycles. The van der Waals surface area contributed by atoms with Crippen molar-refractivity contribution < 1.29 is 0 Å². The highest BCUT2D eigenvalue weighted by atomic mass is 14.4. The first-order chi connectivity index (χ1) is 28.0. The third kappa shape index (κ3) is 4.81. The standard InChI is InChI=1S/C57H38/c1-57(2)53-33-40(26-28-49(53)50-29-27-42(34-54(50)57)46-17-9-12-36-10-3-5-13-45(36)46)39-23-18-35-19-24-41(31-44(35)30-39)52-32-43-25-22-38-21-20-37-11-4-6-14-47(37)55(38)56(43)51-16-8-7-15-48(51)52/h3-34H,1-2H3. The van der Waals surface area contributed by atoms with E-state index in [4.69, 9.17) is 0 Å². The molecule has 0 amide bonds. The summed E-state index contributed by atoms with van der Waals surface area (Å²) in [5, 5.41) is 15.5. The zero-order valence-corrected chi connectivity index (χ0v) is 32.0. The van der Waals surface area contributed by atoms with Crippen LogP contribution in [0.5, 0.6) is 0 Å². The van der Waals surface area contributed by atoms with Crippen LogP contribution in [-0.4, -0.2) is 0 Å². The Balaban J connectivity index is 0.957. The molecule has 266 valence electrons. The monoisotopic (exact) mass is 722 g/mol. The molecule has 0 nitrogen and oxygen atoms in total. The fourth-order valence-electron chi connectivity index (χ4n) is 10.1. The second kappa shape index (κ2) is 12.0. The summed E-state index contributed by atoms with van der Waals surface area (Å²) in [6.07, 6.45) is 0. The average Bonchev–Trinajstić information content (AvgIpc) is 3.49. The van der Waals surface area contributed by atoms with Gasteiger partial charge in [-0.25, -0.2) is 0 Å². The Labute approximate surface area is 332 Å². The summed E-state index contributed by atoms with van der Waals surface area (Å²) in [5.74, 6) is 0. The number of hydrogen-bond acceptors (Lipinski definition) is 0. The van der Waals surface area contributed by atoms with E-state index in [1.54, 1.807) is 0 Å². The summed E-state index contributed by atoms with van der Waals surface area (Å²) in [6, 6.07) is 72.8. The van der Waals surface area contributed by atoms with Gasteiger partial charge in [-0.2, -0.15) is 0 Å². The van der Waals surface area contributed by atoms with Crippen LogP contribution in [-0.2, 0) is 5.41 Å². The van der Waals surface area contributed by atoms with Gasteiger partial charge < -0.3 is 0 Å². The molecule has 0 N–H and O–H groups in total. The van der Waals surface area contributed by atoms with Crippen molar-refractivity contribution in [3.63, 3.8) is 0 Å². The number of fused-ring (bicyclic) bond motifs is 12. The third-order valence-corrected chi connectivity index (χ3v) is 13.0. The maximum Gasteiger partial charge on any atom is 0.0159 e. The average molecular weight is 723 g/mol. The Morgan fingerprint density at radius 3 is 1.54 bits per heavy atom. The van der Waals surface area contributed by atoms with Crippen molar-refractivity contribution in [2.45, 2.75) is 19.3 Å². The lowest BCUT2D eigenvalue weighted by Crippen LogP contribution is -2.15. The molecule has 0 atom stereocenters. The second-order valence-corrected chi connectivity index (χ2v) is 16.5. The van der Waals surface area contributed by atoms with Crippen LogP contribution in [0.4, 0.5) is 0 Å². The van der Waals surface area contributed by atoms with Gasteiger partial charge in [0, 0.05) is 5.41 Å². The molecule has 0 bridgehead atoms. The largest absolute Gasteiger partial charge is 0.0616 e. The molecule has 11 aromatic carbocycles. The molecule has 0 spiro atoms. The van der Waals surface area contributed by atoms with Crippen LogP contribution in [0.2, 0.25) is 0 Å². The van der Waals surface area contributed by atoms with Crippen LogP contribution < -0.4 is 0 Å². The maximum absolute atomic E-state index is 2.45. The molecule has 0 saturated carbocycles. The molecule has 57 heavy (non-hydrogen) atoms. The van der Waals surface area contributed by atoms with E-state index in [0.717, 1.165) is 0 Å². The highest BCUT2D eigenvalue weighted by molar-refractivity contribution is 6.29. The molecule has 0 fully saturated rings. The Kier molecular flexibility index (Phi) is 6.78. The summed E-state index contributed by atoms with van der Waals surface area (Å²) in [7, 11) is 0. The first-order valence-electron chi connectivity index (χ1n) is 20.1. The van der Waals surface area contributed by atoms with E-state index in [2.05, 4.69) is 208 Å². The summed E-state index contributed by atoms with van der Waals surface area (Å²) >= 11 is 0. The predicted molar refractivity (Wildman–Crippen MR) is 245 cm³/mol. The number of benzene rings is 11. The van der Waals surface area contributed by atoms with Crippen molar-refractivity contribution in [3.8, 4) is 44.5 Å².